The molecule has 0 aliphatic carbocycles. The summed E-state index contributed by atoms with van der Waals surface area (Å²) in [5.41, 5.74) is 3.28. The van der Waals surface area contributed by atoms with Crippen LogP contribution in [-0.2, 0) is 16.4 Å². The minimum Gasteiger partial charge on any atom is -0.271 e. The summed E-state index contributed by atoms with van der Waals surface area (Å²) in [6.45, 7) is 2.54. The molecule has 19 heavy (non-hydrogen) atoms. The van der Waals surface area contributed by atoms with Gasteiger partial charge in [0.2, 0.25) is 0 Å². The van der Waals surface area contributed by atoms with E-state index in [-0.39, 0.29) is 5.75 Å². The Balaban J connectivity index is 2.41. The number of nitrogens with zero attached hydrogens (tertiary/aromatic N) is 2. The van der Waals surface area contributed by atoms with Crippen LogP contribution in [0.5, 0.6) is 0 Å². The number of aryl methyl sites for hydroxylation is 1. The van der Waals surface area contributed by atoms with Crippen molar-refractivity contribution < 1.29 is 8.42 Å². The van der Waals surface area contributed by atoms with Crippen molar-refractivity contribution >= 4 is 21.4 Å². The predicted molar refractivity (Wildman–Crippen MR) is 74.4 cm³/mol. The highest BCUT2D eigenvalue weighted by molar-refractivity contribution is 7.92. The number of hydrazine groups is 1. The summed E-state index contributed by atoms with van der Waals surface area (Å²) in [5.74, 6) is 5.81. The first-order valence-corrected chi connectivity index (χ1v) is 8.49. The van der Waals surface area contributed by atoms with Crippen LogP contribution in [0.2, 0.25) is 5.02 Å². The fraction of sp³-hybridized carbons (Fsp3) is 0.727. The molecule has 6 nitrogen and oxygen atoms in total. The van der Waals surface area contributed by atoms with E-state index in [1.54, 1.807) is 4.68 Å². The Labute approximate surface area is 118 Å². The standard InChI is InChI=1S/C11H19ClN4O2S/c1-2-16-11(8(12)7-14-16)10(15-13)9-5-3-4-6-19(9,17)18/h7,9-10,15H,2-6,13H2,1H3. The molecule has 108 valence electrons. The lowest BCUT2D eigenvalue weighted by molar-refractivity contribution is 0.428. The van der Waals surface area contributed by atoms with E-state index in [9.17, 15) is 8.42 Å². The number of rotatable bonds is 4. The zero-order valence-corrected chi connectivity index (χ0v) is 12.4. The number of sulfone groups is 1. The van der Waals surface area contributed by atoms with E-state index in [0.29, 0.717) is 23.7 Å². The second-order valence-corrected chi connectivity index (χ2v) is 7.49. The van der Waals surface area contributed by atoms with Crippen LogP contribution in [0.1, 0.15) is 37.9 Å². The van der Waals surface area contributed by atoms with Gasteiger partial charge in [0.1, 0.15) is 0 Å². The van der Waals surface area contributed by atoms with E-state index in [1.165, 1.54) is 6.20 Å². The zero-order valence-electron chi connectivity index (χ0n) is 10.8. The third kappa shape index (κ3) is 2.79. The lowest BCUT2D eigenvalue weighted by atomic mass is 10.0. The Bertz CT molecular complexity index is 543. The molecule has 3 N–H and O–H groups in total. The Morgan fingerprint density at radius 2 is 2.37 bits per heavy atom. The molecule has 2 heterocycles. The van der Waals surface area contributed by atoms with Crippen molar-refractivity contribution in [3.63, 3.8) is 0 Å². The highest BCUT2D eigenvalue weighted by Crippen LogP contribution is 2.33. The molecule has 1 saturated heterocycles. The van der Waals surface area contributed by atoms with E-state index in [0.717, 1.165) is 12.8 Å². The molecule has 0 spiro atoms. The van der Waals surface area contributed by atoms with Crippen molar-refractivity contribution in [3.8, 4) is 0 Å². The molecule has 0 amide bonds. The Morgan fingerprint density at radius 1 is 1.63 bits per heavy atom. The van der Waals surface area contributed by atoms with Gasteiger partial charge < -0.3 is 0 Å². The first kappa shape index (κ1) is 14.8. The Morgan fingerprint density at radius 3 is 2.95 bits per heavy atom. The van der Waals surface area contributed by atoms with Gasteiger partial charge in [-0.05, 0) is 19.8 Å². The van der Waals surface area contributed by atoms with E-state index in [4.69, 9.17) is 17.4 Å². The predicted octanol–water partition coefficient (Wildman–Crippen LogP) is 1.03. The molecule has 1 aliphatic heterocycles. The second kappa shape index (κ2) is 5.78. The van der Waals surface area contributed by atoms with Crippen LogP contribution in [0.3, 0.4) is 0 Å². The number of nitrogens with two attached hydrogens (primary N) is 1. The van der Waals surface area contributed by atoms with Gasteiger partial charge in [0.05, 0.1) is 34.0 Å². The molecule has 2 unspecified atom stereocenters. The molecular formula is C11H19ClN4O2S. The summed E-state index contributed by atoms with van der Waals surface area (Å²) in [4.78, 5) is 0. The highest BCUT2D eigenvalue weighted by atomic mass is 35.5. The van der Waals surface area contributed by atoms with Gasteiger partial charge in [-0.15, -0.1) is 0 Å². The smallest absolute Gasteiger partial charge is 0.155 e. The van der Waals surface area contributed by atoms with Gasteiger partial charge >= 0.3 is 0 Å². The number of hydrogen-bond acceptors (Lipinski definition) is 5. The molecule has 2 atom stereocenters. The maximum atomic E-state index is 12.2. The lowest BCUT2D eigenvalue weighted by Crippen LogP contribution is -2.44. The van der Waals surface area contributed by atoms with Gasteiger partial charge in [-0.2, -0.15) is 5.10 Å². The van der Waals surface area contributed by atoms with E-state index >= 15 is 0 Å². The molecule has 1 aromatic heterocycles. The molecule has 1 aliphatic rings. The monoisotopic (exact) mass is 306 g/mol. The van der Waals surface area contributed by atoms with Crippen molar-refractivity contribution in [2.24, 2.45) is 5.84 Å². The summed E-state index contributed by atoms with van der Waals surface area (Å²) in [6, 6.07) is -0.514. The molecule has 1 fully saturated rings. The van der Waals surface area contributed by atoms with Crippen LogP contribution in [0.4, 0.5) is 0 Å². The van der Waals surface area contributed by atoms with Gasteiger partial charge in [-0.25, -0.2) is 8.42 Å². The van der Waals surface area contributed by atoms with Gasteiger partial charge in [0.15, 0.2) is 9.84 Å². The summed E-state index contributed by atoms with van der Waals surface area (Å²) < 4.78 is 26.1. The van der Waals surface area contributed by atoms with Crippen LogP contribution >= 0.6 is 11.6 Å². The maximum Gasteiger partial charge on any atom is 0.155 e. The van der Waals surface area contributed by atoms with Crippen LogP contribution in [0.15, 0.2) is 6.20 Å². The summed E-state index contributed by atoms with van der Waals surface area (Å²) >= 11 is 6.14. The third-order valence-corrected chi connectivity index (χ3v) is 6.19. The van der Waals surface area contributed by atoms with Crippen molar-refractivity contribution in [1.29, 1.82) is 0 Å². The molecule has 8 heteroatoms. The Kier molecular flexibility index (Phi) is 4.50. The number of nitrogens with one attached hydrogen (secondary N) is 1. The molecule has 2 rings (SSSR count). The zero-order chi connectivity index (χ0) is 14.0. The number of halogens is 1. The molecular weight excluding hydrogens is 288 g/mol. The third-order valence-electron chi connectivity index (χ3n) is 3.61. The molecule has 0 saturated carbocycles. The van der Waals surface area contributed by atoms with Crippen molar-refractivity contribution in [1.82, 2.24) is 15.2 Å². The minimum atomic E-state index is -3.14. The lowest BCUT2D eigenvalue weighted by Gasteiger charge is -2.30. The van der Waals surface area contributed by atoms with Crippen LogP contribution in [0, 0.1) is 0 Å². The van der Waals surface area contributed by atoms with Crippen molar-refractivity contribution in [2.75, 3.05) is 5.75 Å². The van der Waals surface area contributed by atoms with Crippen LogP contribution in [0.25, 0.3) is 0 Å². The average molecular weight is 307 g/mol. The van der Waals surface area contributed by atoms with Crippen molar-refractivity contribution in [2.45, 2.75) is 44.0 Å². The quantitative estimate of drug-likeness (QED) is 0.640. The SMILES string of the molecule is CCn1ncc(Cl)c1C(NN)C1CCCCS1(=O)=O. The van der Waals surface area contributed by atoms with Crippen LogP contribution in [-0.4, -0.2) is 29.2 Å². The fourth-order valence-corrected chi connectivity index (χ4v) is 4.97. The average Bonchev–Trinajstić information content (AvgIpc) is 2.74. The molecule has 0 aromatic carbocycles. The molecule has 1 aromatic rings. The summed E-state index contributed by atoms with van der Waals surface area (Å²) in [7, 11) is -3.14. The van der Waals surface area contributed by atoms with Gasteiger partial charge in [-0.3, -0.25) is 16.0 Å². The first-order valence-electron chi connectivity index (χ1n) is 6.40. The van der Waals surface area contributed by atoms with E-state index in [1.807, 2.05) is 6.92 Å². The second-order valence-electron chi connectivity index (χ2n) is 4.74. The Hall–Kier alpha value is -0.630. The van der Waals surface area contributed by atoms with Gasteiger partial charge in [0.25, 0.3) is 0 Å². The number of aromatic nitrogens is 2. The van der Waals surface area contributed by atoms with Crippen molar-refractivity contribution in [3.05, 3.63) is 16.9 Å². The number of hydrogen-bond donors (Lipinski definition) is 2. The van der Waals surface area contributed by atoms with E-state index in [2.05, 4.69) is 10.5 Å². The van der Waals surface area contributed by atoms with Crippen LogP contribution < -0.4 is 11.3 Å². The van der Waals surface area contributed by atoms with Gasteiger partial charge in [0, 0.05) is 6.54 Å². The summed E-state index contributed by atoms with van der Waals surface area (Å²) in [6.07, 6.45) is 3.74. The largest absolute Gasteiger partial charge is 0.271 e. The topological polar surface area (TPSA) is 90.0 Å². The first-order chi connectivity index (χ1) is 9.01. The molecule has 0 radical (unpaired) electrons. The van der Waals surface area contributed by atoms with E-state index < -0.39 is 21.1 Å². The van der Waals surface area contributed by atoms with Gasteiger partial charge in [-0.1, -0.05) is 18.0 Å². The molecule has 0 bridgehead atoms. The minimum absolute atomic E-state index is 0.216. The highest BCUT2D eigenvalue weighted by Gasteiger charge is 2.38. The normalized spacial score (nSPS) is 24.3. The maximum absolute atomic E-state index is 12.2. The fourth-order valence-electron chi connectivity index (χ4n) is 2.65. The summed E-state index contributed by atoms with van der Waals surface area (Å²) in [5, 5.41) is 4.05.